The number of hydrogen-bond acceptors (Lipinski definition) is 6. The lowest BCUT2D eigenvalue weighted by atomic mass is 10.0. The van der Waals surface area contributed by atoms with Crippen LogP contribution in [-0.4, -0.2) is 15.1 Å². The van der Waals surface area contributed by atoms with Gasteiger partial charge in [0, 0.05) is 6.20 Å². The van der Waals surface area contributed by atoms with E-state index in [2.05, 4.69) is 15.1 Å². The van der Waals surface area contributed by atoms with Crippen molar-refractivity contribution in [2.45, 2.75) is 25.8 Å². The minimum atomic E-state index is -0.560. The zero-order chi connectivity index (χ0) is 10.9. The quantitative estimate of drug-likeness (QED) is 0.859. The van der Waals surface area contributed by atoms with E-state index in [0.29, 0.717) is 11.7 Å². The third-order valence-corrected chi connectivity index (χ3v) is 3.07. The summed E-state index contributed by atoms with van der Waals surface area (Å²) in [5, 5.41) is 3.88. The highest BCUT2D eigenvalue weighted by Gasteiger charge is 2.26. The monoisotopic (exact) mass is 224 g/mol. The van der Waals surface area contributed by atoms with Crippen molar-refractivity contribution < 1.29 is 4.52 Å². The van der Waals surface area contributed by atoms with E-state index in [4.69, 9.17) is 10.3 Å². The van der Waals surface area contributed by atoms with Gasteiger partial charge in [-0.05, 0) is 13.3 Å². The molecule has 0 amide bonds. The number of nitrogens with two attached hydrogens (primary N) is 1. The Morgan fingerprint density at radius 2 is 2.40 bits per heavy atom. The summed E-state index contributed by atoms with van der Waals surface area (Å²) in [5.41, 5.74) is 7.16. The first-order valence-corrected chi connectivity index (χ1v) is 5.53. The first kappa shape index (κ1) is 10.3. The highest BCUT2D eigenvalue weighted by Crippen LogP contribution is 2.24. The molecule has 1 atom stereocenters. The van der Waals surface area contributed by atoms with Gasteiger partial charge in [-0.2, -0.15) is 4.98 Å². The number of thiazole rings is 1. The Balaban J connectivity index is 2.33. The Hall–Kier alpha value is -1.27. The Morgan fingerprint density at radius 3 is 3.00 bits per heavy atom. The first-order chi connectivity index (χ1) is 7.13. The molecular formula is C9H12N4OS. The lowest BCUT2D eigenvalue weighted by Crippen LogP contribution is -2.32. The van der Waals surface area contributed by atoms with E-state index in [1.54, 1.807) is 11.7 Å². The van der Waals surface area contributed by atoms with Crippen LogP contribution in [0, 0.1) is 0 Å². The zero-order valence-electron chi connectivity index (χ0n) is 8.60. The van der Waals surface area contributed by atoms with Crippen molar-refractivity contribution in [2.24, 2.45) is 5.73 Å². The summed E-state index contributed by atoms with van der Waals surface area (Å²) in [6.07, 6.45) is 2.45. The molecule has 0 spiro atoms. The van der Waals surface area contributed by atoms with Crippen molar-refractivity contribution in [3.05, 3.63) is 17.6 Å². The summed E-state index contributed by atoms with van der Waals surface area (Å²) < 4.78 is 5.14. The van der Waals surface area contributed by atoms with Gasteiger partial charge < -0.3 is 10.3 Å². The highest BCUT2D eigenvalue weighted by atomic mass is 32.1. The van der Waals surface area contributed by atoms with E-state index in [1.807, 2.05) is 13.8 Å². The molecule has 0 aliphatic heterocycles. The van der Waals surface area contributed by atoms with Gasteiger partial charge in [0.1, 0.15) is 0 Å². The zero-order valence-corrected chi connectivity index (χ0v) is 9.41. The predicted octanol–water partition coefficient (Wildman–Crippen LogP) is 1.78. The van der Waals surface area contributed by atoms with Crippen LogP contribution in [-0.2, 0) is 5.54 Å². The molecule has 2 aromatic rings. The van der Waals surface area contributed by atoms with Crippen LogP contribution >= 0.6 is 11.3 Å². The average molecular weight is 224 g/mol. The van der Waals surface area contributed by atoms with Gasteiger partial charge in [0.25, 0.3) is 0 Å². The molecule has 2 aromatic heterocycles. The summed E-state index contributed by atoms with van der Waals surface area (Å²) in [5.74, 6) is 1.02. The molecule has 6 heteroatoms. The molecule has 2 rings (SSSR count). The van der Waals surface area contributed by atoms with Crippen molar-refractivity contribution in [3.8, 4) is 10.7 Å². The van der Waals surface area contributed by atoms with Gasteiger partial charge in [0.2, 0.25) is 11.7 Å². The van der Waals surface area contributed by atoms with Gasteiger partial charge in [-0.25, -0.2) is 0 Å². The SMILES string of the molecule is CCC(C)(N)c1nc(-c2cncs2)no1. The molecule has 2 heterocycles. The molecule has 1 unspecified atom stereocenters. The molecule has 5 nitrogen and oxygen atoms in total. The van der Waals surface area contributed by atoms with Crippen LogP contribution in [0.25, 0.3) is 10.7 Å². The molecule has 0 radical (unpaired) electrons. The highest BCUT2D eigenvalue weighted by molar-refractivity contribution is 7.13. The van der Waals surface area contributed by atoms with E-state index in [1.165, 1.54) is 11.3 Å². The average Bonchev–Trinajstić information content (AvgIpc) is 2.88. The van der Waals surface area contributed by atoms with E-state index in [-0.39, 0.29) is 0 Å². The molecule has 0 bridgehead atoms. The minimum Gasteiger partial charge on any atom is -0.337 e. The molecule has 0 saturated carbocycles. The van der Waals surface area contributed by atoms with Crippen LogP contribution < -0.4 is 5.73 Å². The maximum atomic E-state index is 6.00. The van der Waals surface area contributed by atoms with Gasteiger partial charge in [-0.3, -0.25) is 4.98 Å². The summed E-state index contributed by atoms with van der Waals surface area (Å²) >= 11 is 1.47. The molecule has 2 N–H and O–H groups in total. The summed E-state index contributed by atoms with van der Waals surface area (Å²) in [6, 6.07) is 0. The number of rotatable bonds is 3. The fourth-order valence-corrected chi connectivity index (χ4v) is 1.58. The van der Waals surface area contributed by atoms with E-state index < -0.39 is 5.54 Å². The van der Waals surface area contributed by atoms with Crippen molar-refractivity contribution in [1.29, 1.82) is 0 Å². The van der Waals surface area contributed by atoms with Crippen molar-refractivity contribution in [1.82, 2.24) is 15.1 Å². The van der Waals surface area contributed by atoms with E-state index >= 15 is 0 Å². The maximum absolute atomic E-state index is 6.00. The first-order valence-electron chi connectivity index (χ1n) is 4.65. The molecule has 0 saturated heterocycles. The van der Waals surface area contributed by atoms with E-state index in [0.717, 1.165) is 11.3 Å². The van der Waals surface area contributed by atoms with Gasteiger partial charge in [-0.15, -0.1) is 11.3 Å². The Morgan fingerprint density at radius 1 is 1.60 bits per heavy atom. The van der Waals surface area contributed by atoms with E-state index in [9.17, 15) is 0 Å². The second-order valence-corrected chi connectivity index (χ2v) is 4.45. The van der Waals surface area contributed by atoms with Gasteiger partial charge in [-0.1, -0.05) is 12.1 Å². The minimum absolute atomic E-state index is 0.466. The van der Waals surface area contributed by atoms with Crippen molar-refractivity contribution >= 4 is 11.3 Å². The third-order valence-electron chi connectivity index (χ3n) is 2.30. The lowest BCUT2D eigenvalue weighted by Gasteiger charge is -2.16. The van der Waals surface area contributed by atoms with Crippen LogP contribution in [0.5, 0.6) is 0 Å². The van der Waals surface area contributed by atoms with Crippen LogP contribution in [0.2, 0.25) is 0 Å². The predicted molar refractivity (Wildman–Crippen MR) is 57.2 cm³/mol. The summed E-state index contributed by atoms with van der Waals surface area (Å²) in [7, 11) is 0. The third kappa shape index (κ3) is 1.91. The summed E-state index contributed by atoms with van der Waals surface area (Å²) in [4.78, 5) is 9.10. The second-order valence-electron chi connectivity index (χ2n) is 3.56. The second kappa shape index (κ2) is 3.71. The van der Waals surface area contributed by atoms with Crippen LogP contribution in [0.15, 0.2) is 16.2 Å². The lowest BCUT2D eigenvalue weighted by molar-refractivity contribution is 0.291. The molecule has 0 aromatic carbocycles. The maximum Gasteiger partial charge on any atom is 0.246 e. The molecule has 15 heavy (non-hydrogen) atoms. The molecule has 0 fully saturated rings. The molecule has 0 aliphatic rings. The van der Waals surface area contributed by atoms with Crippen LogP contribution in [0.3, 0.4) is 0 Å². The van der Waals surface area contributed by atoms with Gasteiger partial charge >= 0.3 is 0 Å². The molecule has 80 valence electrons. The fraction of sp³-hybridized carbons (Fsp3) is 0.444. The summed E-state index contributed by atoms with van der Waals surface area (Å²) in [6.45, 7) is 3.85. The van der Waals surface area contributed by atoms with Crippen LogP contribution in [0.4, 0.5) is 0 Å². The smallest absolute Gasteiger partial charge is 0.246 e. The molecular weight excluding hydrogens is 212 g/mol. The Kier molecular flexibility index (Phi) is 2.54. The normalized spacial score (nSPS) is 15.1. The largest absolute Gasteiger partial charge is 0.337 e. The number of hydrogen-bond donors (Lipinski definition) is 1. The fourth-order valence-electron chi connectivity index (χ4n) is 1.03. The van der Waals surface area contributed by atoms with Crippen molar-refractivity contribution in [3.63, 3.8) is 0 Å². The van der Waals surface area contributed by atoms with Gasteiger partial charge in [0.05, 0.1) is 15.9 Å². The molecule has 0 aliphatic carbocycles. The van der Waals surface area contributed by atoms with Gasteiger partial charge in [0.15, 0.2) is 0 Å². The number of nitrogens with zero attached hydrogens (tertiary/aromatic N) is 3. The Bertz CT molecular complexity index is 435. The topological polar surface area (TPSA) is 77.8 Å². The Labute approximate surface area is 91.3 Å². The standard InChI is InChI=1S/C9H12N4OS/c1-3-9(2,10)8-12-7(13-14-8)6-4-11-5-15-6/h4-5H,3,10H2,1-2H3. The van der Waals surface area contributed by atoms with Crippen molar-refractivity contribution in [2.75, 3.05) is 0 Å². The number of aromatic nitrogens is 3. The van der Waals surface area contributed by atoms with Crippen LogP contribution in [0.1, 0.15) is 26.2 Å².